The van der Waals surface area contributed by atoms with E-state index >= 15 is 0 Å². The summed E-state index contributed by atoms with van der Waals surface area (Å²) in [5, 5.41) is 11.2. The van der Waals surface area contributed by atoms with Crippen LogP contribution in [-0.2, 0) is 9.59 Å². The van der Waals surface area contributed by atoms with Crippen molar-refractivity contribution in [3.8, 4) is 17.2 Å². The maximum Gasteiger partial charge on any atom is 0.295 e. The molecule has 0 unspecified atom stereocenters. The second-order valence-corrected chi connectivity index (χ2v) is 8.51. The lowest BCUT2D eigenvalue weighted by Gasteiger charge is -2.27. The van der Waals surface area contributed by atoms with Gasteiger partial charge in [-0.25, -0.2) is 0 Å². The molecule has 1 heterocycles. The summed E-state index contributed by atoms with van der Waals surface area (Å²) in [5.74, 6) is 0.138. The van der Waals surface area contributed by atoms with Crippen molar-refractivity contribution in [1.82, 2.24) is 9.80 Å². The predicted octanol–water partition coefficient (Wildman–Crippen LogP) is 3.87. The zero-order valence-corrected chi connectivity index (χ0v) is 21.0. The van der Waals surface area contributed by atoms with Crippen LogP contribution in [0.15, 0.2) is 48.0 Å². The van der Waals surface area contributed by atoms with E-state index in [9.17, 15) is 14.7 Å². The van der Waals surface area contributed by atoms with Gasteiger partial charge in [-0.2, -0.15) is 0 Å². The third-order valence-corrected chi connectivity index (χ3v) is 5.73. The first-order valence-corrected chi connectivity index (χ1v) is 11.8. The summed E-state index contributed by atoms with van der Waals surface area (Å²) < 4.78 is 16.8. The fraction of sp³-hybridized carbons (Fsp3) is 0.407. The summed E-state index contributed by atoms with van der Waals surface area (Å²) in [5.41, 5.74) is 1.12. The first-order chi connectivity index (χ1) is 16.8. The van der Waals surface area contributed by atoms with Crippen molar-refractivity contribution in [2.24, 2.45) is 0 Å². The number of carbonyl (C=O) groups is 2. The van der Waals surface area contributed by atoms with Gasteiger partial charge in [0.1, 0.15) is 11.5 Å². The molecule has 0 aromatic heterocycles. The number of ether oxygens (including phenoxy) is 3. The number of aliphatic hydroxyl groups excluding tert-OH is 1. The minimum Gasteiger partial charge on any atom is -0.507 e. The van der Waals surface area contributed by atoms with Gasteiger partial charge in [-0.05, 0) is 69.4 Å². The summed E-state index contributed by atoms with van der Waals surface area (Å²) in [6.45, 7) is 5.83. The first kappa shape index (κ1) is 26.1. The van der Waals surface area contributed by atoms with Crippen molar-refractivity contribution in [3.05, 3.63) is 59.2 Å². The van der Waals surface area contributed by atoms with Gasteiger partial charge in [-0.1, -0.05) is 13.0 Å². The molecule has 1 atom stereocenters. The van der Waals surface area contributed by atoms with Crippen LogP contribution >= 0.6 is 0 Å². The number of amides is 1. The molecule has 2 aromatic carbocycles. The smallest absolute Gasteiger partial charge is 0.295 e. The number of likely N-dealkylation sites (N-methyl/N-ethyl adjacent to an activating group) is 1. The Bertz CT molecular complexity index is 1080. The van der Waals surface area contributed by atoms with Gasteiger partial charge < -0.3 is 29.1 Å². The molecule has 0 aliphatic carbocycles. The van der Waals surface area contributed by atoms with Gasteiger partial charge in [0.2, 0.25) is 0 Å². The zero-order valence-electron chi connectivity index (χ0n) is 21.0. The highest BCUT2D eigenvalue weighted by atomic mass is 16.5. The van der Waals surface area contributed by atoms with Crippen LogP contribution in [0.3, 0.4) is 0 Å². The Morgan fingerprint density at radius 2 is 1.74 bits per heavy atom. The van der Waals surface area contributed by atoms with E-state index < -0.39 is 17.7 Å². The molecule has 0 bridgehead atoms. The van der Waals surface area contributed by atoms with E-state index in [1.165, 1.54) is 4.90 Å². The molecule has 1 N–H and O–H groups in total. The molecule has 3 rings (SSSR count). The maximum atomic E-state index is 13.2. The number of methoxy groups -OCH3 is 1. The molecule has 188 valence electrons. The number of rotatable bonds is 11. The number of hydrogen-bond acceptors (Lipinski definition) is 7. The number of nitrogens with zero attached hydrogens (tertiary/aromatic N) is 2. The van der Waals surface area contributed by atoms with Crippen LogP contribution in [0.5, 0.6) is 17.2 Å². The van der Waals surface area contributed by atoms with Crippen LogP contribution in [-0.4, -0.2) is 74.1 Å². The molecular weight excluding hydrogens is 448 g/mol. The van der Waals surface area contributed by atoms with Crippen LogP contribution in [0, 0.1) is 0 Å². The highest BCUT2D eigenvalue weighted by Gasteiger charge is 2.46. The monoisotopic (exact) mass is 482 g/mol. The number of carbonyl (C=O) groups excluding carboxylic acids is 2. The molecule has 8 nitrogen and oxygen atoms in total. The molecule has 0 radical (unpaired) electrons. The Morgan fingerprint density at radius 1 is 1.03 bits per heavy atom. The van der Waals surface area contributed by atoms with Crippen LogP contribution < -0.4 is 14.2 Å². The number of Topliss-reactive ketones (excluding diaryl/α,β-unsaturated/α-hetero) is 1. The number of benzene rings is 2. The highest BCUT2D eigenvalue weighted by Crippen LogP contribution is 2.42. The summed E-state index contributed by atoms with van der Waals surface area (Å²) >= 11 is 0. The summed E-state index contributed by atoms with van der Waals surface area (Å²) in [6, 6.07) is 11.4. The molecule has 0 saturated carbocycles. The van der Waals surface area contributed by atoms with Gasteiger partial charge in [0.15, 0.2) is 11.5 Å². The SMILES string of the molecule is CCCOc1ccc([C@H]2C(=C(O)c3ccc(OCC)cc3)C(=O)C(=O)N2CCN(C)C)cc1OC. The lowest BCUT2D eigenvalue weighted by Crippen LogP contribution is -2.35. The Labute approximate surface area is 206 Å². The van der Waals surface area contributed by atoms with Gasteiger partial charge in [0.05, 0.1) is 31.9 Å². The van der Waals surface area contributed by atoms with E-state index in [1.807, 2.05) is 32.8 Å². The van der Waals surface area contributed by atoms with Gasteiger partial charge in [-0.3, -0.25) is 9.59 Å². The Morgan fingerprint density at radius 3 is 2.34 bits per heavy atom. The Hall–Kier alpha value is -3.52. The van der Waals surface area contributed by atoms with Crippen molar-refractivity contribution in [2.45, 2.75) is 26.3 Å². The standard InChI is InChI=1S/C27H34N2O6/c1-6-16-35-21-13-10-19(17-22(21)33-5)24-23(26(31)27(32)29(24)15-14-28(3)4)25(30)18-8-11-20(12-9-18)34-7-2/h8-13,17,24,30H,6-7,14-16H2,1-5H3/t24-/m0/s1. The van der Waals surface area contributed by atoms with Crippen molar-refractivity contribution in [2.75, 3.05) is 47.5 Å². The van der Waals surface area contributed by atoms with Gasteiger partial charge >= 0.3 is 0 Å². The average Bonchev–Trinajstić information content (AvgIpc) is 3.11. The van der Waals surface area contributed by atoms with E-state index in [2.05, 4.69) is 0 Å². The summed E-state index contributed by atoms with van der Waals surface area (Å²) in [7, 11) is 5.34. The number of aliphatic hydroxyl groups is 1. The molecule has 1 amide bonds. The second-order valence-electron chi connectivity index (χ2n) is 8.51. The lowest BCUT2D eigenvalue weighted by atomic mass is 9.95. The molecular formula is C27H34N2O6. The number of likely N-dealkylation sites (tertiary alicyclic amines) is 1. The molecule has 1 fully saturated rings. The topological polar surface area (TPSA) is 88.5 Å². The van der Waals surface area contributed by atoms with Crippen LogP contribution in [0.4, 0.5) is 0 Å². The van der Waals surface area contributed by atoms with Gasteiger partial charge in [0.25, 0.3) is 11.7 Å². The third-order valence-electron chi connectivity index (χ3n) is 5.73. The molecule has 0 spiro atoms. The van der Waals surface area contributed by atoms with Crippen molar-refractivity contribution < 1.29 is 28.9 Å². The molecule has 1 aliphatic rings. The molecule has 35 heavy (non-hydrogen) atoms. The quantitative estimate of drug-likeness (QED) is 0.296. The maximum absolute atomic E-state index is 13.2. The summed E-state index contributed by atoms with van der Waals surface area (Å²) in [4.78, 5) is 29.7. The highest BCUT2D eigenvalue weighted by molar-refractivity contribution is 6.46. The third kappa shape index (κ3) is 5.77. The van der Waals surface area contributed by atoms with E-state index in [1.54, 1.807) is 49.6 Å². The first-order valence-electron chi connectivity index (χ1n) is 11.8. The molecule has 2 aromatic rings. The van der Waals surface area contributed by atoms with E-state index in [0.29, 0.717) is 54.7 Å². The molecule has 8 heteroatoms. The van der Waals surface area contributed by atoms with Gasteiger partial charge in [0, 0.05) is 18.7 Å². The van der Waals surface area contributed by atoms with Crippen LogP contribution in [0.25, 0.3) is 5.76 Å². The summed E-state index contributed by atoms with van der Waals surface area (Å²) in [6.07, 6.45) is 0.845. The van der Waals surface area contributed by atoms with Crippen molar-refractivity contribution in [3.63, 3.8) is 0 Å². The normalized spacial score (nSPS) is 17.2. The lowest BCUT2D eigenvalue weighted by molar-refractivity contribution is -0.140. The zero-order chi connectivity index (χ0) is 25.5. The molecule has 1 aliphatic heterocycles. The van der Waals surface area contributed by atoms with Gasteiger partial charge in [-0.15, -0.1) is 0 Å². The predicted molar refractivity (Wildman–Crippen MR) is 134 cm³/mol. The molecule has 1 saturated heterocycles. The van der Waals surface area contributed by atoms with Crippen molar-refractivity contribution >= 4 is 17.4 Å². The largest absolute Gasteiger partial charge is 0.507 e. The average molecular weight is 483 g/mol. The Balaban J connectivity index is 2.11. The second kappa shape index (κ2) is 11.8. The van der Waals surface area contributed by atoms with E-state index in [-0.39, 0.29) is 11.3 Å². The minimum atomic E-state index is -0.768. The fourth-order valence-corrected chi connectivity index (χ4v) is 3.98. The van der Waals surface area contributed by atoms with E-state index in [4.69, 9.17) is 14.2 Å². The van der Waals surface area contributed by atoms with E-state index in [0.717, 1.165) is 6.42 Å². The van der Waals surface area contributed by atoms with Crippen molar-refractivity contribution in [1.29, 1.82) is 0 Å². The number of ketones is 1. The minimum absolute atomic E-state index is 0.0437. The van der Waals surface area contributed by atoms with Crippen LogP contribution in [0.2, 0.25) is 0 Å². The van der Waals surface area contributed by atoms with Crippen LogP contribution in [0.1, 0.15) is 37.4 Å². The number of hydrogen-bond donors (Lipinski definition) is 1. The Kier molecular flexibility index (Phi) is 8.76. The fourth-order valence-electron chi connectivity index (χ4n) is 3.98.